The molecule has 8 rings (SSSR count). The summed E-state index contributed by atoms with van der Waals surface area (Å²) in [6.45, 7) is 13.7. The number of nitrogens with one attached hydrogen (secondary N) is 2. The maximum atomic E-state index is 6.24. The first-order valence-corrected chi connectivity index (χ1v) is 21.1. The minimum atomic E-state index is 0.694. The number of H-pyrrole nitrogens is 2. The molecule has 0 spiro atoms. The SMILES string of the molecule is Cc1ccc(Cl)c(OCCCCN2CCN(c3cccc4[nH]ccc34)CC2)c1.Clc1ccc(Cl)c(SCCN2CCN(c3cccc4[nH]ccc34)CC2)c1. The lowest BCUT2D eigenvalue weighted by atomic mass is 10.1. The van der Waals surface area contributed by atoms with Crippen molar-refractivity contribution in [2.45, 2.75) is 24.7 Å². The number of unbranched alkanes of at least 4 members (excludes halogenated alkanes) is 1. The quantitative estimate of drug-likeness (QED) is 0.0950. The van der Waals surface area contributed by atoms with Crippen molar-refractivity contribution in [1.82, 2.24) is 19.8 Å². The van der Waals surface area contributed by atoms with Crippen molar-refractivity contribution >= 4 is 79.7 Å². The van der Waals surface area contributed by atoms with Crippen LogP contribution in [-0.2, 0) is 0 Å². The Morgan fingerprint density at radius 3 is 1.85 bits per heavy atom. The summed E-state index contributed by atoms with van der Waals surface area (Å²) in [5, 5.41) is 4.85. The van der Waals surface area contributed by atoms with Crippen molar-refractivity contribution in [1.29, 1.82) is 0 Å². The molecule has 4 heterocycles. The van der Waals surface area contributed by atoms with E-state index in [0.717, 1.165) is 111 Å². The van der Waals surface area contributed by atoms with Crippen LogP contribution in [0.25, 0.3) is 21.8 Å². The number of rotatable bonds is 12. The Balaban J connectivity index is 0.000000167. The number of thioether (sulfide) groups is 1. The van der Waals surface area contributed by atoms with Crippen LogP contribution in [0.4, 0.5) is 11.4 Å². The molecule has 6 aromatic rings. The van der Waals surface area contributed by atoms with Crippen molar-refractivity contribution < 1.29 is 4.74 Å². The van der Waals surface area contributed by atoms with E-state index in [9.17, 15) is 0 Å². The fourth-order valence-electron chi connectivity index (χ4n) is 7.33. The van der Waals surface area contributed by atoms with Crippen LogP contribution >= 0.6 is 46.6 Å². The molecule has 11 heteroatoms. The maximum Gasteiger partial charge on any atom is 0.138 e. The summed E-state index contributed by atoms with van der Waals surface area (Å²) in [6, 6.07) is 28.9. The minimum absolute atomic E-state index is 0.694. The topological polar surface area (TPSA) is 53.8 Å². The van der Waals surface area contributed by atoms with Crippen LogP contribution in [0.2, 0.25) is 15.1 Å². The van der Waals surface area contributed by atoms with E-state index in [1.807, 2.05) is 48.8 Å². The average Bonchev–Trinajstić information content (AvgIpc) is 3.89. The largest absolute Gasteiger partial charge is 0.492 e. The minimum Gasteiger partial charge on any atom is -0.492 e. The predicted molar refractivity (Wildman–Crippen MR) is 232 cm³/mol. The van der Waals surface area contributed by atoms with Gasteiger partial charge in [-0.05, 0) is 98.6 Å². The third-order valence-corrected chi connectivity index (χ3v) is 12.4. The van der Waals surface area contributed by atoms with Crippen molar-refractivity contribution in [2.24, 2.45) is 0 Å². The highest BCUT2D eigenvalue weighted by Gasteiger charge is 2.20. The van der Waals surface area contributed by atoms with Gasteiger partial charge in [0.2, 0.25) is 0 Å². The second kappa shape index (κ2) is 18.9. The van der Waals surface area contributed by atoms with E-state index in [-0.39, 0.29) is 0 Å². The molecule has 2 aromatic heterocycles. The molecule has 2 aliphatic rings. The summed E-state index contributed by atoms with van der Waals surface area (Å²) >= 11 is 20.3. The number of hydrogen-bond acceptors (Lipinski definition) is 6. The molecule has 0 amide bonds. The highest BCUT2D eigenvalue weighted by Crippen LogP contribution is 2.31. The number of nitrogens with zero attached hydrogens (tertiary/aromatic N) is 4. The molecule has 0 unspecified atom stereocenters. The highest BCUT2D eigenvalue weighted by molar-refractivity contribution is 7.99. The van der Waals surface area contributed by atoms with Gasteiger partial charge in [0.1, 0.15) is 5.75 Å². The van der Waals surface area contributed by atoms with Crippen LogP contribution in [0.15, 0.2) is 102 Å². The number of piperazine rings is 2. The maximum absolute atomic E-state index is 6.24. The van der Waals surface area contributed by atoms with E-state index in [4.69, 9.17) is 39.5 Å². The lowest BCUT2D eigenvalue weighted by Crippen LogP contribution is -2.47. The first-order chi connectivity index (χ1) is 26.4. The monoisotopic (exact) mass is 802 g/mol. The van der Waals surface area contributed by atoms with Gasteiger partial charge in [0, 0.05) is 120 Å². The number of hydrogen-bond donors (Lipinski definition) is 2. The first-order valence-electron chi connectivity index (χ1n) is 18.9. The molecule has 54 heavy (non-hydrogen) atoms. The summed E-state index contributed by atoms with van der Waals surface area (Å²) < 4.78 is 5.85. The summed E-state index contributed by atoms with van der Waals surface area (Å²) in [6.07, 6.45) is 6.24. The molecule has 0 radical (unpaired) electrons. The Labute approximate surface area is 338 Å². The summed E-state index contributed by atoms with van der Waals surface area (Å²) in [7, 11) is 0. The summed E-state index contributed by atoms with van der Waals surface area (Å²) in [5.41, 5.74) is 6.28. The fourth-order valence-corrected chi connectivity index (χ4v) is 9.00. The van der Waals surface area contributed by atoms with Crippen molar-refractivity contribution in [3.8, 4) is 5.75 Å². The van der Waals surface area contributed by atoms with Crippen LogP contribution in [-0.4, -0.2) is 97.6 Å². The van der Waals surface area contributed by atoms with Gasteiger partial charge in [0.05, 0.1) is 16.7 Å². The molecule has 0 saturated carbocycles. The molecule has 0 bridgehead atoms. The van der Waals surface area contributed by atoms with Gasteiger partial charge in [-0.3, -0.25) is 9.80 Å². The Bertz CT molecular complexity index is 2100. The molecule has 7 nitrogen and oxygen atoms in total. The van der Waals surface area contributed by atoms with E-state index >= 15 is 0 Å². The summed E-state index contributed by atoms with van der Waals surface area (Å²) in [5.74, 6) is 1.82. The third kappa shape index (κ3) is 10.0. The normalized spacial score (nSPS) is 15.5. The number of aromatic amines is 2. The zero-order chi connectivity index (χ0) is 37.3. The number of ether oxygens (including phenoxy) is 1. The van der Waals surface area contributed by atoms with Crippen molar-refractivity contribution in [3.63, 3.8) is 0 Å². The van der Waals surface area contributed by atoms with Gasteiger partial charge in [0.25, 0.3) is 0 Å². The molecular formula is C43H49Cl3N6OS. The number of fused-ring (bicyclic) bond motifs is 2. The van der Waals surface area contributed by atoms with E-state index in [2.05, 4.69) is 85.0 Å². The Morgan fingerprint density at radius 1 is 0.630 bits per heavy atom. The van der Waals surface area contributed by atoms with Crippen LogP contribution in [0.3, 0.4) is 0 Å². The standard InChI is InChI=1S/C23H28ClN3O.C20H21Cl2N3S/c1-18-7-8-20(24)23(17-18)28-16-3-2-11-26-12-14-27(15-13-26)22-6-4-5-21-19(22)9-10-25-21;21-15-4-5-17(22)20(14-15)26-13-12-24-8-10-25(11-9-24)19-3-1-2-18-16(19)6-7-23-18/h4-10,17,25H,2-3,11-16H2,1H3;1-7,14,23H,8-13H2. The van der Waals surface area contributed by atoms with Gasteiger partial charge >= 0.3 is 0 Å². The molecule has 284 valence electrons. The Morgan fingerprint density at radius 2 is 1.22 bits per heavy atom. The van der Waals surface area contributed by atoms with Gasteiger partial charge in [0.15, 0.2) is 0 Å². The van der Waals surface area contributed by atoms with E-state index in [1.165, 1.54) is 38.7 Å². The molecule has 0 atom stereocenters. The molecule has 4 aromatic carbocycles. The molecule has 2 saturated heterocycles. The zero-order valence-corrected chi connectivity index (χ0v) is 34.0. The molecule has 2 N–H and O–H groups in total. The van der Waals surface area contributed by atoms with E-state index in [0.29, 0.717) is 5.02 Å². The number of anilines is 2. The average molecular weight is 804 g/mol. The van der Waals surface area contributed by atoms with Crippen LogP contribution in [0.5, 0.6) is 5.75 Å². The van der Waals surface area contributed by atoms with Gasteiger partial charge < -0.3 is 24.5 Å². The Hall–Kier alpha value is -3.50. The highest BCUT2D eigenvalue weighted by atomic mass is 35.5. The van der Waals surface area contributed by atoms with Crippen molar-refractivity contribution in [3.05, 3.63) is 118 Å². The summed E-state index contributed by atoms with van der Waals surface area (Å²) in [4.78, 5) is 17.8. The zero-order valence-electron chi connectivity index (χ0n) is 30.9. The number of aryl methyl sites for hydroxylation is 1. The molecular weight excluding hydrogens is 755 g/mol. The van der Waals surface area contributed by atoms with Crippen LogP contribution in [0, 0.1) is 6.92 Å². The second-order valence-electron chi connectivity index (χ2n) is 14.0. The van der Waals surface area contributed by atoms with Gasteiger partial charge in [-0.25, -0.2) is 0 Å². The van der Waals surface area contributed by atoms with Crippen molar-refractivity contribution in [2.75, 3.05) is 87.6 Å². The molecule has 2 fully saturated rings. The van der Waals surface area contributed by atoms with Gasteiger partial charge in [-0.1, -0.05) is 53.0 Å². The van der Waals surface area contributed by atoms with Gasteiger partial charge in [-0.15, -0.1) is 11.8 Å². The van der Waals surface area contributed by atoms with E-state index in [1.54, 1.807) is 11.8 Å². The van der Waals surface area contributed by atoms with E-state index < -0.39 is 0 Å². The number of benzene rings is 4. The lowest BCUT2D eigenvalue weighted by molar-refractivity contribution is 0.239. The molecule has 0 aliphatic carbocycles. The fraction of sp³-hybridized carbons (Fsp3) is 0.349. The first kappa shape index (κ1) is 38.8. The second-order valence-corrected chi connectivity index (χ2v) is 16.4. The predicted octanol–water partition coefficient (Wildman–Crippen LogP) is 10.5. The third-order valence-electron chi connectivity index (χ3n) is 10.3. The van der Waals surface area contributed by atoms with Crippen LogP contribution in [0.1, 0.15) is 18.4 Å². The Kier molecular flexibility index (Phi) is 13.6. The van der Waals surface area contributed by atoms with Gasteiger partial charge in [-0.2, -0.15) is 0 Å². The molecule has 2 aliphatic heterocycles. The number of aromatic nitrogens is 2. The van der Waals surface area contributed by atoms with Crippen LogP contribution < -0.4 is 14.5 Å². The number of halogens is 3. The smallest absolute Gasteiger partial charge is 0.138 e. The lowest BCUT2D eigenvalue weighted by Gasteiger charge is -2.36.